The van der Waals surface area contributed by atoms with Crippen molar-refractivity contribution in [3.8, 4) is 0 Å². The minimum absolute atomic E-state index is 0.214. The summed E-state index contributed by atoms with van der Waals surface area (Å²) in [6.07, 6.45) is 1.17. The van der Waals surface area contributed by atoms with E-state index in [9.17, 15) is 0 Å². The summed E-state index contributed by atoms with van der Waals surface area (Å²) >= 11 is 0. The maximum Gasteiger partial charge on any atom is 0.00966 e. The molecule has 1 nitrogen and oxygen atoms in total. The van der Waals surface area contributed by atoms with E-state index < -0.39 is 0 Å². The van der Waals surface area contributed by atoms with Gasteiger partial charge in [-0.2, -0.15) is 0 Å². The van der Waals surface area contributed by atoms with E-state index in [4.69, 9.17) is 0 Å². The molecule has 0 saturated heterocycles. The fourth-order valence-corrected chi connectivity index (χ4v) is 2.43. The van der Waals surface area contributed by atoms with E-state index in [1.807, 2.05) is 0 Å². The number of nitrogens with one attached hydrogen (secondary N) is 1. The van der Waals surface area contributed by atoms with Gasteiger partial charge in [-0.15, -0.1) is 0 Å². The smallest absolute Gasteiger partial charge is 0.00966 e. The van der Waals surface area contributed by atoms with Gasteiger partial charge in [0, 0.05) is 5.54 Å². The third kappa shape index (κ3) is 4.81. The van der Waals surface area contributed by atoms with Crippen molar-refractivity contribution in [2.24, 2.45) is 5.92 Å². The first-order valence-corrected chi connectivity index (χ1v) is 7.01. The summed E-state index contributed by atoms with van der Waals surface area (Å²) in [7, 11) is 0. The molecule has 1 aromatic rings. The molecule has 1 N–H and O–H groups in total. The molecule has 0 amide bonds. The Bertz CT molecular complexity index is 376. The van der Waals surface area contributed by atoms with E-state index in [0.29, 0.717) is 5.92 Å². The van der Waals surface area contributed by atoms with E-state index in [2.05, 4.69) is 65.9 Å². The molecule has 0 radical (unpaired) electrons. The zero-order valence-electron chi connectivity index (χ0n) is 13.1. The lowest BCUT2D eigenvalue weighted by molar-refractivity contribution is 0.381. The Labute approximate surface area is 113 Å². The van der Waals surface area contributed by atoms with Crippen LogP contribution in [0.25, 0.3) is 0 Å². The molecule has 0 fully saturated rings. The summed E-state index contributed by atoms with van der Waals surface area (Å²) in [6, 6.07) is 4.60. The van der Waals surface area contributed by atoms with Crippen LogP contribution in [0.15, 0.2) is 12.1 Å². The second-order valence-corrected chi connectivity index (χ2v) is 6.82. The van der Waals surface area contributed by atoms with Crippen molar-refractivity contribution in [2.75, 3.05) is 6.54 Å². The van der Waals surface area contributed by atoms with Crippen molar-refractivity contribution in [2.45, 2.75) is 60.4 Å². The van der Waals surface area contributed by atoms with E-state index >= 15 is 0 Å². The minimum atomic E-state index is 0.214. The van der Waals surface area contributed by atoms with Gasteiger partial charge in [-0.25, -0.2) is 0 Å². The highest BCUT2D eigenvalue weighted by molar-refractivity contribution is 5.37. The molecule has 1 atom stereocenters. The summed E-state index contributed by atoms with van der Waals surface area (Å²) in [4.78, 5) is 0. The van der Waals surface area contributed by atoms with Crippen LogP contribution in [0.1, 0.15) is 49.9 Å². The van der Waals surface area contributed by atoms with E-state index in [1.54, 1.807) is 0 Å². The zero-order valence-corrected chi connectivity index (χ0v) is 13.1. The van der Waals surface area contributed by atoms with Gasteiger partial charge in [-0.1, -0.05) is 24.6 Å². The predicted molar refractivity (Wildman–Crippen MR) is 81.3 cm³/mol. The van der Waals surface area contributed by atoms with Gasteiger partial charge in [0.05, 0.1) is 0 Å². The maximum absolute atomic E-state index is 3.59. The molecule has 0 aliphatic carbocycles. The van der Waals surface area contributed by atoms with Crippen LogP contribution in [0.2, 0.25) is 0 Å². The van der Waals surface area contributed by atoms with E-state index in [0.717, 1.165) is 6.54 Å². The molecule has 1 aromatic carbocycles. The molecule has 0 aromatic heterocycles. The lowest BCUT2D eigenvalue weighted by Crippen LogP contribution is -2.39. The molecular weight excluding hydrogens is 218 g/mol. The fourth-order valence-electron chi connectivity index (χ4n) is 2.43. The summed E-state index contributed by atoms with van der Waals surface area (Å²) in [5, 5.41) is 3.59. The van der Waals surface area contributed by atoms with Crippen LogP contribution in [-0.2, 0) is 6.42 Å². The van der Waals surface area contributed by atoms with Crippen LogP contribution in [0.3, 0.4) is 0 Å². The molecule has 0 saturated carbocycles. The van der Waals surface area contributed by atoms with Crippen LogP contribution in [-0.4, -0.2) is 12.1 Å². The van der Waals surface area contributed by atoms with Gasteiger partial charge in [0.2, 0.25) is 0 Å². The first kappa shape index (κ1) is 15.2. The standard InChI is InChI=1S/C17H29N/c1-12-8-14(3)16(15(4)9-12)10-13(2)11-18-17(5,6)7/h8-9,13,18H,10-11H2,1-7H3. The van der Waals surface area contributed by atoms with Crippen molar-refractivity contribution < 1.29 is 0 Å². The average molecular weight is 247 g/mol. The Morgan fingerprint density at radius 3 is 2.00 bits per heavy atom. The van der Waals surface area contributed by atoms with Crippen molar-refractivity contribution >= 4 is 0 Å². The maximum atomic E-state index is 3.59. The molecule has 1 rings (SSSR count). The van der Waals surface area contributed by atoms with Gasteiger partial charge < -0.3 is 5.32 Å². The predicted octanol–water partition coefficient (Wildman–Crippen LogP) is 4.18. The second kappa shape index (κ2) is 5.88. The minimum Gasteiger partial charge on any atom is -0.312 e. The number of aryl methyl sites for hydroxylation is 3. The fraction of sp³-hybridized carbons (Fsp3) is 0.647. The Balaban J connectivity index is 2.68. The third-order valence-corrected chi connectivity index (χ3v) is 3.37. The molecule has 0 aliphatic rings. The second-order valence-electron chi connectivity index (χ2n) is 6.82. The van der Waals surface area contributed by atoms with Crippen LogP contribution in [0, 0.1) is 26.7 Å². The van der Waals surface area contributed by atoms with Crippen molar-refractivity contribution in [3.63, 3.8) is 0 Å². The highest BCUT2D eigenvalue weighted by atomic mass is 14.9. The highest BCUT2D eigenvalue weighted by Crippen LogP contribution is 2.20. The normalized spacial score (nSPS) is 13.7. The van der Waals surface area contributed by atoms with Gasteiger partial charge in [0.25, 0.3) is 0 Å². The van der Waals surface area contributed by atoms with Crippen LogP contribution in [0.5, 0.6) is 0 Å². The molecular formula is C17H29N. The van der Waals surface area contributed by atoms with Crippen LogP contribution in [0.4, 0.5) is 0 Å². The Morgan fingerprint density at radius 1 is 1.06 bits per heavy atom. The third-order valence-electron chi connectivity index (χ3n) is 3.37. The Hall–Kier alpha value is -0.820. The summed E-state index contributed by atoms with van der Waals surface area (Å²) < 4.78 is 0. The first-order chi connectivity index (χ1) is 8.19. The molecule has 102 valence electrons. The van der Waals surface area contributed by atoms with Crippen molar-refractivity contribution in [1.82, 2.24) is 5.32 Å². The summed E-state index contributed by atoms with van der Waals surface area (Å²) in [5.41, 5.74) is 5.99. The number of rotatable bonds is 4. The summed E-state index contributed by atoms with van der Waals surface area (Å²) in [6.45, 7) is 16.7. The quantitative estimate of drug-likeness (QED) is 0.841. The van der Waals surface area contributed by atoms with Gasteiger partial charge in [0.1, 0.15) is 0 Å². The highest BCUT2D eigenvalue weighted by Gasteiger charge is 2.13. The van der Waals surface area contributed by atoms with E-state index in [1.165, 1.54) is 28.7 Å². The molecule has 1 heteroatoms. The summed E-state index contributed by atoms with van der Waals surface area (Å²) in [5.74, 6) is 0.671. The van der Waals surface area contributed by atoms with Gasteiger partial charge in [-0.05, 0) is 77.1 Å². The first-order valence-electron chi connectivity index (χ1n) is 7.01. The van der Waals surface area contributed by atoms with Gasteiger partial charge in [0.15, 0.2) is 0 Å². The van der Waals surface area contributed by atoms with Crippen LogP contribution < -0.4 is 5.32 Å². The van der Waals surface area contributed by atoms with E-state index in [-0.39, 0.29) is 5.54 Å². The van der Waals surface area contributed by atoms with Crippen molar-refractivity contribution in [3.05, 3.63) is 34.4 Å². The van der Waals surface area contributed by atoms with Gasteiger partial charge >= 0.3 is 0 Å². The Kier molecular flexibility index (Phi) is 4.98. The average Bonchev–Trinajstić information content (AvgIpc) is 2.19. The van der Waals surface area contributed by atoms with Crippen molar-refractivity contribution in [1.29, 1.82) is 0 Å². The molecule has 1 unspecified atom stereocenters. The monoisotopic (exact) mass is 247 g/mol. The van der Waals surface area contributed by atoms with Gasteiger partial charge in [-0.3, -0.25) is 0 Å². The zero-order chi connectivity index (χ0) is 13.9. The molecule has 0 heterocycles. The number of hydrogen-bond donors (Lipinski definition) is 1. The molecule has 0 spiro atoms. The van der Waals surface area contributed by atoms with Crippen LogP contribution >= 0.6 is 0 Å². The molecule has 0 aliphatic heterocycles. The molecule has 0 bridgehead atoms. The lowest BCUT2D eigenvalue weighted by atomic mass is 9.91. The largest absolute Gasteiger partial charge is 0.312 e. The molecule has 18 heavy (non-hydrogen) atoms. The SMILES string of the molecule is Cc1cc(C)c(CC(C)CNC(C)(C)C)c(C)c1. The lowest BCUT2D eigenvalue weighted by Gasteiger charge is -2.24. The number of hydrogen-bond acceptors (Lipinski definition) is 1. The number of benzene rings is 1. The Morgan fingerprint density at radius 2 is 1.56 bits per heavy atom. The topological polar surface area (TPSA) is 12.0 Å².